The number of benzene rings is 1. The van der Waals surface area contributed by atoms with Gasteiger partial charge in [0.25, 0.3) is 0 Å². The van der Waals surface area contributed by atoms with E-state index < -0.39 is 0 Å². The molecular weight excluding hydrogens is 300 g/mol. The molecular formula is C16H25BrN2. The molecule has 0 aliphatic carbocycles. The number of nitrogens with zero attached hydrogens (tertiary/aromatic N) is 1. The molecule has 2 rings (SSSR count). The molecule has 0 radical (unpaired) electrons. The van der Waals surface area contributed by atoms with Crippen LogP contribution < -0.4 is 5.73 Å². The second-order valence-electron chi connectivity index (χ2n) is 5.84. The normalized spacial score (nSPS) is 19.6. The fourth-order valence-electron chi connectivity index (χ4n) is 2.92. The van der Waals surface area contributed by atoms with E-state index in [4.69, 9.17) is 5.73 Å². The summed E-state index contributed by atoms with van der Waals surface area (Å²) >= 11 is 3.77. The summed E-state index contributed by atoms with van der Waals surface area (Å²) in [4.78, 5) is 2.42. The Balaban J connectivity index is 2.10. The first-order chi connectivity index (χ1) is 9.11. The molecule has 1 aromatic rings. The molecule has 1 aromatic carbocycles. The molecule has 0 saturated carbocycles. The minimum atomic E-state index is 0.549. The van der Waals surface area contributed by atoms with Gasteiger partial charge >= 0.3 is 0 Å². The van der Waals surface area contributed by atoms with Crippen LogP contribution in [0.5, 0.6) is 0 Å². The smallest absolute Gasteiger partial charge is 0.0212 e. The molecule has 3 heteroatoms. The second-order valence-corrected chi connectivity index (χ2v) is 6.69. The van der Waals surface area contributed by atoms with Gasteiger partial charge in [-0.2, -0.15) is 0 Å². The molecule has 1 unspecified atom stereocenters. The Labute approximate surface area is 125 Å². The zero-order chi connectivity index (χ0) is 13.8. The lowest BCUT2D eigenvalue weighted by atomic mass is 9.87. The summed E-state index contributed by atoms with van der Waals surface area (Å²) in [7, 11) is 2.21. The highest BCUT2D eigenvalue weighted by Gasteiger charge is 2.20. The van der Waals surface area contributed by atoms with Crippen molar-refractivity contribution in [1.29, 1.82) is 0 Å². The van der Waals surface area contributed by atoms with Crippen molar-refractivity contribution in [3.8, 4) is 0 Å². The quantitative estimate of drug-likeness (QED) is 0.914. The third-order valence-corrected chi connectivity index (χ3v) is 5.04. The van der Waals surface area contributed by atoms with Crippen molar-refractivity contribution in [3.05, 3.63) is 33.8 Å². The predicted molar refractivity (Wildman–Crippen MR) is 85.7 cm³/mol. The lowest BCUT2D eigenvalue weighted by molar-refractivity contribution is 0.255. The molecule has 1 aliphatic rings. The molecule has 1 fully saturated rings. The van der Waals surface area contributed by atoms with Gasteiger partial charge < -0.3 is 10.6 Å². The molecule has 0 aromatic heterocycles. The summed E-state index contributed by atoms with van der Waals surface area (Å²) in [5.74, 6) is 1.26. The van der Waals surface area contributed by atoms with Gasteiger partial charge in [-0.3, -0.25) is 0 Å². The average molecular weight is 325 g/mol. The first-order valence-corrected chi connectivity index (χ1v) is 8.09. The van der Waals surface area contributed by atoms with E-state index in [1.165, 1.54) is 41.5 Å². The minimum absolute atomic E-state index is 0.549. The van der Waals surface area contributed by atoms with Crippen molar-refractivity contribution >= 4 is 15.9 Å². The van der Waals surface area contributed by atoms with Crippen LogP contribution in [-0.2, 0) is 0 Å². The van der Waals surface area contributed by atoms with Crippen molar-refractivity contribution in [1.82, 2.24) is 4.90 Å². The molecule has 0 bridgehead atoms. The van der Waals surface area contributed by atoms with Gasteiger partial charge in [-0.1, -0.05) is 35.0 Å². The Bertz CT molecular complexity index is 411. The Hall–Kier alpha value is -0.380. The molecule has 1 saturated heterocycles. The van der Waals surface area contributed by atoms with Crippen LogP contribution in [0.15, 0.2) is 22.7 Å². The largest absolute Gasteiger partial charge is 0.330 e. The van der Waals surface area contributed by atoms with Crippen LogP contribution in [-0.4, -0.2) is 31.6 Å². The van der Waals surface area contributed by atoms with E-state index in [1.807, 2.05) is 0 Å². The molecule has 1 aliphatic heterocycles. The summed E-state index contributed by atoms with van der Waals surface area (Å²) in [6.45, 7) is 5.43. The van der Waals surface area contributed by atoms with Crippen LogP contribution in [0.1, 0.15) is 49.1 Å². The SMILES string of the molecule is CC(CCN)c1ccc(C2CCN(C)CC2)c(Br)c1. The van der Waals surface area contributed by atoms with Crippen molar-refractivity contribution in [2.75, 3.05) is 26.7 Å². The number of hydrogen-bond donors (Lipinski definition) is 1. The van der Waals surface area contributed by atoms with Crippen LogP contribution in [0.4, 0.5) is 0 Å². The van der Waals surface area contributed by atoms with E-state index >= 15 is 0 Å². The van der Waals surface area contributed by atoms with E-state index in [9.17, 15) is 0 Å². The first-order valence-electron chi connectivity index (χ1n) is 7.29. The molecule has 1 atom stereocenters. The van der Waals surface area contributed by atoms with Gasteiger partial charge in [-0.15, -0.1) is 0 Å². The molecule has 2 N–H and O–H groups in total. The van der Waals surface area contributed by atoms with Crippen molar-refractivity contribution in [2.45, 2.75) is 38.0 Å². The highest BCUT2D eigenvalue weighted by atomic mass is 79.9. The van der Waals surface area contributed by atoms with Gasteiger partial charge in [0.05, 0.1) is 0 Å². The van der Waals surface area contributed by atoms with E-state index in [-0.39, 0.29) is 0 Å². The van der Waals surface area contributed by atoms with Crippen LogP contribution in [0, 0.1) is 0 Å². The average Bonchev–Trinajstić information content (AvgIpc) is 2.40. The predicted octanol–water partition coefficient (Wildman–Crippen LogP) is 3.71. The molecule has 19 heavy (non-hydrogen) atoms. The minimum Gasteiger partial charge on any atom is -0.330 e. The molecule has 0 amide bonds. The van der Waals surface area contributed by atoms with Gasteiger partial charge in [-0.25, -0.2) is 0 Å². The van der Waals surface area contributed by atoms with E-state index in [0.29, 0.717) is 11.8 Å². The number of halogens is 1. The summed E-state index contributed by atoms with van der Waals surface area (Å²) < 4.78 is 1.28. The number of hydrogen-bond acceptors (Lipinski definition) is 2. The highest BCUT2D eigenvalue weighted by molar-refractivity contribution is 9.10. The lowest BCUT2D eigenvalue weighted by Gasteiger charge is -2.30. The van der Waals surface area contributed by atoms with Gasteiger partial charge in [0.2, 0.25) is 0 Å². The van der Waals surface area contributed by atoms with E-state index in [2.05, 4.69) is 53.0 Å². The first kappa shape index (κ1) is 15.0. The van der Waals surface area contributed by atoms with E-state index in [1.54, 1.807) is 0 Å². The topological polar surface area (TPSA) is 29.3 Å². The zero-order valence-corrected chi connectivity index (χ0v) is 13.6. The summed E-state index contributed by atoms with van der Waals surface area (Å²) in [5, 5.41) is 0. The number of rotatable bonds is 4. The Kier molecular flexibility index (Phi) is 5.43. The molecule has 1 heterocycles. The second kappa shape index (κ2) is 6.87. The summed E-state index contributed by atoms with van der Waals surface area (Å²) in [6.07, 6.45) is 3.60. The van der Waals surface area contributed by atoms with Gasteiger partial charge in [-0.05, 0) is 75.0 Å². The fourth-order valence-corrected chi connectivity index (χ4v) is 3.64. The van der Waals surface area contributed by atoms with Gasteiger partial charge in [0.1, 0.15) is 0 Å². The third kappa shape index (κ3) is 3.80. The number of piperidine rings is 1. The Morgan fingerprint density at radius 3 is 2.63 bits per heavy atom. The fraction of sp³-hybridized carbons (Fsp3) is 0.625. The van der Waals surface area contributed by atoms with Crippen LogP contribution in [0.3, 0.4) is 0 Å². The maximum absolute atomic E-state index is 5.65. The van der Waals surface area contributed by atoms with Gasteiger partial charge in [0, 0.05) is 4.47 Å². The third-order valence-electron chi connectivity index (χ3n) is 4.35. The van der Waals surface area contributed by atoms with Crippen molar-refractivity contribution in [3.63, 3.8) is 0 Å². The van der Waals surface area contributed by atoms with Gasteiger partial charge in [0.15, 0.2) is 0 Å². The van der Waals surface area contributed by atoms with Crippen LogP contribution >= 0.6 is 15.9 Å². The zero-order valence-electron chi connectivity index (χ0n) is 12.0. The summed E-state index contributed by atoms with van der Waals surface area (Å²) in [5.41, 5.74) is 8.53. The lowest BCUT2D eigenvalue weighted by Crippen LogP contribution is -2.29. The number of likely N-dealkylation sites (tertiary alicyclic amines) is 1. The van der Waals surface area contributed by atoms with E-state index in [0.717, 1.165) is 13.0 Å². The highest BCUT2D eigenvalue weighted by Crippen LogP contribution is 2.34. The molecule has 106 valence electrons. The maximum Gasteiger partial charge on any atom is 0.0212 e. The Morgan fingerprint density at radius 2 is 2.05 bits per heavy atom. The van der Waals surface area contributed by atoms with Crippen molar-refractivity contribution < 1.29 is 0 Å². The van der Waals surface area contributed by atoms with Crippen LogP contribution in [0.25, 0.3) is 0 Å². The summed E-state index contributed by atoms with van der Waals surface area (Å²) in [6, 6.07) is 6.91. The van der Waals surface area contributed by atoms with Crippen molar-refractivity contribution in [2.24, 2.45) is 5.73 Å². The number of nitrogens with two attached hydrogens (primary N) is 1. The molecule has 0 spiro atoms. The Morgan fingerprint density at radius 1 is 1.37 bits per heavy atom. The van der Waals surface area contributed by atoms with Crippen LogP contribution in [0.2, 0.25) is 0 Å². The molecule has 2 nitrogen and oxygen atoms in total. The maximum atomic E-state index is 5.65. The monoisotopic (exact) mass is 324 g/mol. The standard InChI is InChI=1S/C16H25BrN2/c1-12(5-8-18)14-3-4-15(16(17)11-14)13-6-9-19(2)10-7-13/h3-4,11-13H,5-10,18H2,1-2H3.